The van der Waals surface area contributed by atoms with E-state index in [9.17, 15) is 4.79 Å². The van der Waals surface area contributed by atoms with Crippen LogP contribution in [0.4, 0.5) is 0 Å². The lowest BCUT2D eigenvalue weighted by molar-refractivity contribution is 0.357. The first kappa shape index (κ1) is 11.7. The molecule has 0 aromatic carbocycles. The van der Waals surface area contributed by atoms with Crippen molar-refractivity contribution in [2.45, 2.75) is 59.3 Å². The van der Waals surface area contributed by atoms with Gasteiger partial charge in [0.25, 0.3) is 0 Å². The lowest BCUT2D eigenvalue weighted by atomic mass is 9.89. The third-order valence-corrected chi connectivity index (χ3v) is 1.96. The van der Waals surface area contributed by atoms with Crippen LogP contribution in [-0.2, 0) is 4.79 Å². The molecule has 0 N–H and O–H groups in total. The second-order valence-electron chi connectivity index (χ2n) is 4.62. The number of unbranched alkanes of at least 4 members (excludes halogenated alkanes) is 4. The van der Waals surface area contributed by atoms with Crippen molar-refractivity contribution in [3.63, 3.8) is 0 Å². The Morgan fingerprint density at radius 3 is 2.08 bits per heavy atom. The maximum atomic E-state index is 9.87. The lowest BCUT2D eigenvalue weighted by Crippen LogP contribution is -2.03. The van der Waals surface area contributed by atoms with Gasteiger partial charge in [-0.15, -0.1) is 0 Å². The Bertz CT molecular complexity index is 111. The molecule has 0 aliphatic carbocycles. The molecule has 12 heavy (non-hydrogen) atoms. The van der Waals surface area contributed by atoms with Crippen LogP contribution in [0.15, 0.2) is 0 Å². The summed E-state index contributed by atoms with van der Waals surface area (Å²) in [6.45, 7) is 6.81. The Morgan fingerprint density at radius 1 is 1.00 bits per heavy atom. The normalized spacial score (nSPS) is 11.6. The summed E-state index contributed by atoms with van der Waals surface area (Å²) in [5, 5.41) is 0. The molecule has 1 heteroatoms. The molecule has 0 rings (SSSR count). The van der Waals surface area contributed by atoms with Crippen molar-refractivity contribution < 1.29 is 4.79 Å². The zero-order chi connectivity index (χ0) is 9.45. The summed E-state index contributed by atoms with van der Waals surface area (Å²) in [7, 11) is 0. The largest absolute Gasteiger partial charge is 0.291 e. The Morgan fingerprint density at radius 2 is 1.58 bits per heavy atom. The first-order valence-electron chi connectivity index (χ1n) is 4.91. The quantitative estimate of drug-likeness (QED) is 0.556. The topological polar surface area (TPSA) is 17.1 Å². The molecule has 0 atom stereocenters. The van der Waals surface area contributed by atoms with E-state index >= 15 is 0 Å². The molecule has 0 aliphatic heterocycles. The highest BCUT2D eigenvalue weighted by molar-refractivity contribution is 5.50. The molecule has 1 nitrogen and oxygen atoms in total. The fraction of sp³-hybridized carbons (Fsp3) is 0.909. The zero-order valence-electron chi connectivity index (χ0n) is 8.65. The third kappa shape index (κ3) is 9.67. The van der Waals surface area contributed by atoms with Crippen LogP contribution in [0.25, 0.3) is 0 Å². The van der Waals surface area contributed by atoms with Crippen LogP contribution in [0.1, 0.15) is 59.3 Å². The van der Waals surface area contributed by atoms with Gasteiger partial charge in [0.2, 0.25) is 0 Å². The van der Waals surface area contributed by atoms with Gasteiger partial charge in [-0.25, -0.2) is 0 Å². The molecule has 0 spiro atoms. The molecule has 0 saturated carbocycles. The number of carbonyl (C=O) groups excluding carboxylic acids is 1. The number of rotatable bonds is 6. The van der Waals surface area contributed by atoms with Crippen molar-refractivity contribution in [1.82, 2.24) is 0 Å². The number of hydrogen-bond donors (Lipinski definition) is 0. The summed E-state index contributed by atoms with van der Waals surface area (Å²) in [6, 6.07) is 0. The zero-order valence-corrected chi connectivity index (χ0v) is 8.65. The van der Waals surface area contributed by atoms with Crippen LogP contribution in [0.3, 0.4) is 0 Å². The van der Waals surface area contributed by atoms with Gasteiger partial charge in [0.1, 0.15) is 0 Å². The van der Waals surface area contributed by atoms with Gasteiger partial charge in [-0.3, -0.25) is 4.79 Å². The molecule has 1 radical (unpaired) electrons. The Kier molecular flexibility index (Phi) is 6.04. The van der Waals surface area contributed by atoms with Gasteiger partial charge in [0.05, 0.1) is 0 Å². The van der Waals surface area contributed by atoms with Gasteiger partial charge in [-0.1, -0.05) is 40.0 Å². The average molecular weight is 169 g/mol. The standard InChI is InChI=1S/C11H21O/c1-11(2,3)9-7-5-4-6-8-10-12/h4-9H2,1-3H3. The third-order valence-electron chi connectivity index (χ3n) is 1.96. The van der Waals surface area contributed by atoms with E-state index in [4.69, 9.17) is 0 Å². The van der Waals surface area contributed by atoms with E-state index in [1.54, 1.807) is 0 Å². The minimum Gasteiger partial charge on any atom is -0.291 e. The molecule has 0 unspecified atom stereocenters. The van der Waals surface area contributed by atoms with E-state index in [1.165, 1.54) is 25.7 Å². The van der Waals surface area contributed by atoms with Gasteiger partial charge in [-0.2, -0.15) is 0 Å². The Labute approximate surface area is 76.6 Å². The molecular formula is C11H21O. The second-order valence-corrected chi connectivity index (χ2v) is 4.62. The van der Waals surface area contributed by atoms with E-state index in [2.05, 4.69) is 20.8 Å². The van der Waals surface area contributed by atoms with Crippen molar-refractivity contribution in [3.8, 4) is 0 Å². The SMILES string of the molecule is CC(C)(C)CCCCCC[C]=O. The molecule has 0 amide bonds. The molecule has 0 fully saturated rings. The molecule has 71 valence electrons. The molecule has 0 saturated heterocycles. The van der Waals surface area contributed by atoms with Gasteiger partial charge in [0, 0.05) is 6.42 Å². The molecular weight excluding hydrogens is 148 g/mol. The monoisotopic (exact) mass is 169 g/mol. The van der Waals surface area contributed by atoms with Crippen molar-refractivity contribution in [2.75, 3.05) is 0 Å². The second kappa shape index (κ2) is 6.22. The first-order valence-corrected chi connectivity index (χ1v) is 4.91. The van der Waals surface area contributed by atoms with Crippen LogP contribution in [-0.4, -0.2) is 6.29 Å². The molecule has 0 aromatic heterocycles. The van der Waals surface area contributed by atoms with E-state index in [0.29, 0.717) is 11.8 Å². The summed E-state index contributed by atoms with van der Waals surface area (Å²) >= 11 is 0. The van der Waals surface area contributed by atoms with Gasteiger partial charge >= 0.3 is 0 Å². The van der Waals surface area contributed by atoms with E-state index in [1.807, 2.05) is 6.29 Å². The predicted octanol–water partition coefficient (Wildman–Crippen LogP) is 3.48. The maximum Gasteiger partial charge on any atom is 0.198 e. The van der Waals surface area contributed by atoms with Crippen molar-refractivity contribution in [1.29, 1.82) is 0 Å². The summed E-state index contributed by atoms with van der Waals surface area (Å²) in [4.78, 5) is 9.87. The summed E-state index contributed by atoms with van der Waals surface area (Å²) in [6.07, 6.45) is 8.60. The van der Waals surface area contributed by atoms with Gasteiger partial charge in [0.15, 0.2) is 6.29 Å². The van der Waals surface area contributed by atoms with E-state index in [-0.39, 0.29) is 0 Å². The van der Waals surface area contributed by atoms with E-state index < -0.39 is 0 Å². The van der Waals surface area contributed by atoms with Crippen LogP contribution < -0.4 is 0 Å². The lowest BCUT2D eigenvalue weighted by Gasteiger charge is -2.17. The van der Waals surface area contributed by atoms with Crippen molar-refractivity contribution in [2.24, 2.45) is 5.41 Å². The summed E-state index contributed by atoms with van der Waals surface area (Å²) < 4.78 is 0. The van der Waals surface area contributed by atoms with Crippen LogP contribution in [0.5, 0.6) is 0 Å². The highest BCUT2D eigenvalue weighted by Crippen LogP contribution is 2.22. The Hall–Kier alpha value is -0.330. The molecule has 0 heterocycles. The van der Waals surface area contributed by atoms with Crippen LogP contribution in [0, 0.1) is 5.41 Å². The summed E-state index contributed by atoms with van der Waals surface area (Å²) in [5.41, 5.74) is 0.469. The minimum absolute atomic E-state index is 0.469. The van der Waals surface area contributed by atoms with Crippen molar-refractivity contribution in [3.05, 3.63) is 0 Å². The summed E-state index contributed by atoms with van der Waals surface area (Å²) in [5.74, 6) is 0. The van der Waals surface area contributed by atoms with Crippen LogP contribution >= 0.6 is 0 Å². The fourth-order valence-corrected chi connectivity index (χ4v) is 1.21. The molecule has 0 aromatic rings. The molecule has 0 aliphatic rings. The average Bonchev–Trinajstić information content (AvgIpc) is 1.94. The van der Waals surface area contributed by atoms with Gasteiger partial charge < -0.3 is 0 Å². The fourth-order valence-electron chi connectivity index (χ4n) is 1.21. The minimum atomic E-state index is 0.469. The maximum absolute atomic E-state index is 9.87. The van der Waals surface area contributed by atoms with Gasteiger partial charge in [-0.05, 0) is 18.3 Å². The predicted molar refractivity (Wildman–Crippen MR) is 52.9 cm³/mol. The highest BCUT2D eigenvalue weighted by atomic mass is 16.1. The van der Waals surface area contributed by atoms with Crippen LogP contribution in [0.2, 0.25) is 0 Å². The highest BCUT2D eigenvalue weighted by Gasteiger charge is 2.08. The van der Waals surface area contributed by atoms with E-state index in [0.717, 1.165) is 6.42 Å². The first-order chi connectivity index (χ1) is 5.56. The van der Waals surface area contributed by atoms with Crippen molar-refractivity contribution >= 4 is 6.29 Å². The molecule has 0 bridgehead atoms. The number of hydrogen-bond acceptors (Lipinski definition) is 1. The Balaban J connectivity index is 3.06. The smallest absolute Gasteiger partial charge is 0.198 e.